The van der Waals surface area contributed by atoms with Crippen LogP contribution in [0.3, 0.4) is 0 Å². The van der Waals surface area contributed by atoms with E-state index in [-0.39, 0.29) is 0 Å². The number of nitrogens with zero attached hydrogens (tertiary/aromatic N) is 1. The lowest BCUT2D eigenvalue weighted by molar-refractivity contribution is 0.426. The summed E-state index contributed by atoms with van der Waals surface area (Å²) in [6.45, 7) is 0. The molecule has 0 saturated carbocycles. The van der Waals surface area contributed by atoms with Gasteiger partial charge in [0.25, 0.3) is 0 Å². The van der Waals surface area contributed by atoms with Crippen LogP contribution in [0, 0.1) is 0 Å². The van der Waals surface area contributed by atoms with Crippen LogP contribution >= 0.6 is 11.3 Å². The van der Waals surface area contributed by atoms with Gasteiger partial charge in [0.2, 0.25) is 0 Å². The molecule has 3 nitrogen and oxygen atoms in total. The maximum Gasteiger partial charge on any atom is 0.489 e. The molecule has 0 bridgehead atoms. The highest BCUT2D eigenvalue weighted by Crippen LogP contribution is 2.38. The average molecular weight is 469 g/mol. The predicted molar refractivity (Wildman–Crippen MR) is 149 cm³/mol. The highest BCUT2D eigenvalue weighted by atomic mass is 32.1. The Balaban J connectivity index is 1.54. The van der Waals surface area contributed by atoms with Gasteiger partial charge < -0.3 is 14.6 Å². The van der Waals surface area contributed by atoms with E-state index in [1.54, 1.807) is 11.3 Å². The molecule has 0 amide bonds. The molecular formula is C30H20BNO2S. The molecule has 2 N–H and O–H groups in total. The monoisotopic (exact) mass is 469 g/mol. The summed E-state index contributed by atoms with van der Waals surface area (Å²) in [5.74, 6) is 0. The van der Waals surface area contributed by atoms with Gasteiger partial charge in [0.1, 0.15) is 0 Å². The molecule has 0 unspecified atom stereocenters. The van der Waals surface area contributed by atoms with E-state index >= 15 is 0 Å². The third-order valence-corrected chi connectivity index (χ3v) is 7.98. The molecule has 2 heterocycles. The van der Waals surface area contributed by atoms with Crippen LogP contribution in [0.15, 0.2) is 109 Å². The van der Waals surface area contributed by atoms with E-state index in [4.69, 9.17) is 0 Å². The summed E-state index contributed by atoms with van der Waals surface area (Å²) in [6, 6.07) is 37.5. The minimum Gasteiger partial charge on any atom is -0.423 e. The predicted octanol–water partition coefficient (Wildman–Crippen LogP) is 6.50. The first kappa shape index (κ1) is 20.5. The van der Waals surface area contributed by atoms with E-state index < -0.39 is 7.12 Å². The topological polar surface area (TPSA) is 45.4 Å². The van der Waals surface area contributed by atoms with Crippen molar-refractivity contribution in [3.05, 3.63) is 109 Å². The third kappa shape index (κ3) is 3.06. The molecule has 0 radical (unpaired) electrons. The Hall–Kier alpha value is -3.90. The zero-order valence-corrected chi connectivity index (χ0v) is 19.5. The molecule has 0 aliphatic rings. The van der Waals surface area contributed by atoms with Crippen LogP contribution in [0.2, 0.25) is 0 Å². The Morgan fingerprint density at radius 1 is 0.600 bits per heavy atom. The summed E-state index contributed by atoms with van der Waals surface area (Å²) in [7, 11) is -1.58. The normalized spacial score (nSPS) is 11.7. The first-order valence-electron chi connectivity index (χ1n) is 11.6. The number of para-hydroxylation sites is 2. The highest BCUT2D eigenvalue weighted by Gasteiger charge is 2.24. The summed E-state index contributed by atoms with van der Waals surface area (Å²) < 4.78 is 4.48. The lowest BCUT2D eigenvalue weighted by Crippen LogP contribution is -2.32. The molecule has 0 atom stereocenters. The first-order valence-corrected chi connectivity index (χ1v) is 12.4. The van der Waals surface area contributed by atoms with Gasteiger partial charge in [0.15, 0.2) is 0 Å². The van der Waals surface area contributed by atoms with Gasteiger partial charge >= 0.3 is 7.12 Å². The minimum atomic E-state index is -1.58. The van der Waals surface area contributed by atoms with Crippen molar-refractivity contribution in [1.29, 1.82) is 0 Å². The molecule has 0 saturated heterocycles. The van der Waals surface area contributed by atoms with Crippen LogP contribution in [0.4, 0.5) is 0 Å². The van der Waals surface area contributed by atoms with Gasteiger partial charge in [0, 0.05) is 31.2 Å². The molecule has 166 valence electrons. The Morgan fingerprint density at radius 2 is 1.31 bits per heavy atom. The van der Waals surface area contributed by atoms with Gasteiger partial charge in [-0.2, -0.15) is 0 Å². The van der Waals surface area contributed by atoms with Crippen molar-refractivity contribution in [2.75, 3.05) is 0 Å². The number of thiophene rings is 1. The fraction of sp³-hybridized carbons (Fsp3) is 0. The quantitative estimate of drug-likeness (QED) is 0.290. The largest absolute Gasteiger partial charge is 0.489 e. The maximum absolute atomic E-state index is 10.5. The van der Waals surface area contributed by atoms with Crippen LogP contribution < -0.4 is 5.46 Å². The summed E-state index contributed by atoms with van der Waals surface area (Å²) >= 11 is 1.68. The van der Waals surface area contributed by atoms with Crippen molar-refractivity contribution in [3.8, 4) is 16.8 Å². The van der Waals surface area contributed by atoms with Crippen molar-refractivity contribution in [1.82, 2.24) is 4.57 Å². The molecule has 0 fully saturated rings. The molecule has 0 aliphatic heterocycles. The SMILES string of the molecule is OB(O)c1c(-c2ccc3c(c2)c2ccccc2n3-c2ccccc2)ccc2sc3ccccc3c12. The van der Waals surface area contributed by atoms with Gasteiger partial charge in [0.05, 0.1) is 11.0 Å². The van der Waals surface area contributed by atoms with Crippen LogP contribution in [0.25, 0.3) is 58.8 Å². The molecule has 35 heavy (non-hydrogen) atoms. The summed E-state index contributed by atoms with van der Waals surface area (Å²) in [5.41, 5.74) is 5.75. The second-order valence-corrected chi connectivity index (χ2v) is 9.88. The van der Waals surface area contributed by atoms with Crippen molar-refractivity contribution in [2.24, 2.45) is 0 Å². The summed E-state index contributed by atoms with van der Waals surface area (Å²) in [6.07, 6.45) is 0. The molecule has 2 aromatic heterocycles. The molecular weight excluding hydrogens is 449 g/mol. The van der Waals surface area contributed by atoms with Gasteiger partial charge in [-0.05, 0) is 64.4 Å². The van der Waals surface area contributed by atoms with Crippen molar-refractivity contribution in [2.45, 2.75) is 0 Å². The van der Waals surface area contributed by atoms with E-state index in [1.807, 2.05) is 24.3 Å². The lowest BCUT2D eigenvalue weighted by atomic mass is 9.73. The number of aromatic nitrogens is 1. The van der Waals surface area contributed by atoms with E-state index in [0.29, 0.717) is 5.46 Å². The van der Waals surface area contributed by atoms with E-state index in [2.05, 4.69) is 89.5 Å². The van der Waals surface area contributed by atoms with Gasteiger partial charge in [-0.3, -0.25) is 0 Å². The maximum atomic E-state index is 10.5. The lowest BCUT2D eigenvalue weighted by Gasteiger charge is -2.12. The van der Waals surface area contributed by atoms with Gasteiger partial charge in [-0.1, -0.05) is 66.7 Å². The van der Waals surface area contributed by atoms with Gasteiger partial charge in [-0.25, -0.2) is 0 Å². The fourth-order valence-electron chi connectivity index (χ4n) is 5.36. The minimum absolute atomic E-state index is 0.561. The second kappa shape index (κ2) is 7.82. The zero-order valence-electron chi connectivity index (χ0n) is 18.7. The Labute approximate surface area is 206 Å². The Kier molecular flexibility index (Phi) is 4.58. The van der Waals surface area contributed by atoms with Crippen molar-refractivity contribution in [3.63, 3.8) is 0 Å². The van der Waals surface area contributed by atoms with Crippen molar-refractivity contribution < 1.29 is 10.0 Å². The number of fused-ring (bicyclic) bond motifs is 6. The van der Waals surface area contributed by atoms with Crippen LogP contribution in [-0.4, -0.2) is 21.7 Å². The summed E-state index contributed by atoms with van der Waals surface area (Å²) in [5, 5.41) is 25.4. The molecule has 0 spiro atoms. The highest BCUT2D eigenvalue weighted by molar-refractivity contribution is 7.26. The Bertz CT molecular complexity index is 1890. The average Bonchev–Trinajstić information content (AvgIpc) is 3.44. The fourth-order valence-corrected chi connectivity index (χ4v) is 6.48. The zero-order chi connectivity index (χ0) is 23.5. The molecule has 5 heteroatoms. The number of hydrogen-bond acceptors (Lipinski definition) is 3. The van der Waals surface area contributed by atoms with E-state index in [9.17, 15) is 10.0 Å². The molecule has 5 aromatic carbocycles. The van der Waals surface area contributed by atoms with Crippen LogP contribution in [0.5, 0.6) is 0 Å². The molecule has 7 aromatic rings. The van der Waals surface area contributed by atoms with Gasteiger partial charge in [-0.15, -0.1) is 11.3 Å². The second-order valence-electron chi connectivity index (χ2n) is 8.79. The molecule has 0 aliphatic carbocycles. The first-order chi connectivity index (χ1) is 17.2. The smallest absolute Gasteiger partial charge is 0.423 e. The van der Waals surface area contributed by atoms with E-state index in [1.165, 1.54) is 5.39 Å². The Morgan fingerprint density at radius 3 is 2.14 bits per heavy atom. The standard InChI is InChI=1S/C30H20BNO2S/c33-31(34)30-21(15-17-28-29(30)23-11-5-7-13-27(23)35-28)19-14-16-26-24(18-19)22-10-4-6-12-25(22)32(26)20-8-2-1-3-9-20/h1-18,33-34H. The third-order valence-electron chi connectivity index (χ3n) is 6.84. The summed E-state index contributed by atoms with van der Waals surface area (Å²) in [4.78, 5) is 0. The molecule has 7 rings (SSSR count). The van der Waals surface area contributed by atoms with Crippen molar-refractivity contribution >= 4 is 65.9 Å². The van der Waals surface area contributed by atoms with Crippen LogP contribution in [0.1, 0.15) is 0 Å². The number of benzene rings is 5. The number of rotatable bonds is 3. The van der Waals surface area contributed by atoms with E-state index in [0.717, 1.165) is 53.4 Å². The number of hydrogen-bond donors (Lipinski definition) is 2. The van der Waals surface area contributed by atoms with Crippen LogP contribution in [-0.2, 0) is 0 Å².